The fourth-order valence-electron chi connectivity index (χ4n) is 1.14. The van der Waals surface area contributed by atoms with Crippen LogP contribution in [0.15, 0.2) is 24.3 Å². The Balaban J connectivity index is 2.51. The van der Waals surface area contributed by atoms with Gasteiger partial charge in [0.25, 0.3) is 0 Å². The lowest BCUT2D eigenvalue weighted by atomic mass is 10.1. The number of hydrogen-bond acceptors (Lipinski definition) is 5. The first kappa shape index (κ1) is 13.0. The fraction of sp³-hybridized carbons (Fsp3) is 0.333. The smallest absolute Gasteiger partial charge is 0.390 e. The Morgan fingerprint density at radius 3 is 2.47 bits per heavy atom. The lowest BCUT2D eigenvalue weighted by Crippen LogP contribution is -2.13. The van der Waals surface area contributed by atoms with Crippen molar-refractivity contribution >= 4 is 11.9 Å². The van der Waals surface area contributed by atoms with E-state index in [1.54, 1.807) is 12.1 Å². The molecule has 92 valence electrons. The van der Waals surface area contributed by atoms with E-state index >= 15 is 0 Å². The minimum atomic E-state index is -0.903. The summed E-state index contributed by atoms with van der Waals surface area (Å²) in [5, 5.41) is 9.35. The third kappa shape index (κ3) is 4.14. The first-order chi connectivity index (χ1) is 8.00. The van der Waals surface area contributed by atoms with Gasteiger partial charge in [-0.25, -0.2) is 19.4 Å². The molecule has 0 unspecified atom stereocenters. The lowest BCUT2D eigenvalue weighted by Gasteiger charge is -2.05. The van der Waals surface area contributed by atoms with Crippen molar-refractivity contribution in [3.8, 4) is 5.75 Å². The minimum Gasteiger partial charge on any atom is -0.507 e. The summed E-state index contributed by atoms with van der Waals surface area (Å²) in [5.41, 5.74) is -0.0511. The Labute approximate surface area is 98.9 Å². The third-order valence-corrected chi connectivity index (χ3v) is 1.91. The maximum Gasteiger partial charge on any atom is 0.390 e. The normalized spacial score (nSPS) is 10.1. The zero-order valence-electron chi connectivity index (χ0n) is 9.67. The molecule has 0 spiro atoms. The molecule has 5 heteroatoms. The summed E-state index contributed by atoms with van der Waals surface area (Å²) in [6, 6.07) is 5.84. The predicted octanol–water partition coefficient (Wildman–Crippen LogP) is 2.05. The number of carbonyl (C=O) groups excluding carboxylic acids is 2. The molecule has 5 nitrogen and oxygen atoms in total. The SMILES string of the molecule is CC(C)CC(=O)OOC(=O)c1ccccc1O. The van der Waals surface area contributed by atoms with Crippen molar-refractivity contribution in [2.45, 2.75) is 20.3 Å². The van der Waals surface area contributed by atoms with Crippen LogP contribution in [0.1, 0.15) is 30.6 Å². The summed E-state index contributed by atoms with van der Waals surface area (Å²) in [4.78, 5) is 31.2. The zero-order chi connectivity index (χ0) is 12.8. The molecule has 17 heavy (non-hydrogen) atoms. The number of carbonyl (C=O) groups is 2. The highest BCUT2D eigenvalue weighted by molar-refractivity contribution is 5.92. The van der Waals surface area contributed by atoms with Crippen molar-refractivity contribution in [3.05, 3.63) is 29.8 Å². The monoisotopic (exact) mass is 238 g/mol. The van der Waals surface area contributed by atoms with Gasteiger partial charge in [-0.15, -0.1) is 0 Å². The number of aromatic hydroxyl groups is 1. The number of para-hydroxylation sites is 1. The summed E-state index contributed by atoms with van der Waals surface area (Å²) in [7, 11) is 0. The molecule has 0 radical (unpaired) electrons. The lowest BCUT2D eigenvalue weighted by molar-refractivity contribution is -0.234. The Morgan fingerprint density at radius 2 is 1.88 bits per heavy atom. The maximum absolute atomic E-state index is 11.4. The van der Waals surface area contributed by atoms with Crippen molar-refractivity contribution in [3.63, 3.8) is 0 Å². The second-order valence-corrected chi connectivity index (χ2v) is 3.94. The summed E-state index contributed by atoms with van der Waals surface area (Å²) in [6.07, 6.45) is 0.161. The highest BCUT2D eigenvalue weighted by Gasteiger charge is 2.16. The van der Waals surface area contributed by atoms with Gasteiger partial charge in [0.05, 0.1) is 6.42 Å². The highest BCUT2D eigenvalue weighted by atomic mass is 17.2. The molecule has 1 aromatic carbocycles. The fourth-order valence-corrected chi connectivity index (χ4v) is 1.14. The molecule has 0 saturated carbocycles. The van der Waals surface area contributed by atoms with Crippen LogP contribution in [0.2, 0.25) is 0 Å². The number of phenols is 1. The van der Waals surface area contributed by atoms with Crippen LogP contribution >= 0.6 is 0 Å². The van der Waals surface area contributed by atoms with E-state index in [4.69, 9.17) is 0 Å². The molecule has 0 heterocycles. The molecule has 1 rings (SSSR count). The van der Waals surface area contributed by atoms with E-state index < -0.39 is 11.9 Å². The average molecular weight is 238 g/mol. The van der Waals surface area contributed by atoms with Gasteiger partial charge in [-0.3, -0.25) is 0 Å². The summed E-state index contributed by atoms with van der Waals surface area (Å²) >= 11 is 0. The zero-order valence-corrected chi connectivity index (χ0v) is 9.67. The predicted molar refractivity (Wildman–Crippen MR) is 59.1 cm³/mol. The topological polar surface area (TPSA) is 72.8 Å². The van der Waals surface area contributed by atoms with E-state index in [1.165, 1.54) is 12.1 Å². The van der Waals surface area contributed by atoms with Crippen molar-refractivity contribution in [2.75, 3.05) is 0 Å². The van der Waals surface area contributed by atoms with Crippen LogP contribution in [-0.4, -0.2) is 17.0 Å². The molecular formula is C12H14O5. The minimum absolute atomic E-state index is 0.0511. The molecule has 1 aromatic rings. The van der Waals surface area contributed by atoms with E-state index in [-0.39, 0.29) is 23.7 Å². The number of hydrogen-bond donors (Lipinski definition) is 1. The van der Waals surface area contributed by atoms with Crippen molar-refractivity contribution in [2.24, 2.45) is 5.92 Å². The van der Waals surface area contributed by atoms with Crippen molar-refractivity contribution in [1.29, 1.82) is 0 Å². The molecule has 0 saturated heterocycles. The van der Waals surface area contributed by atoms with Crippen LogP contribution in [0.25, 0.3) is 0 Å². The quantitative estimate of drug-likeness (QED) is 0.644. The number of benzene rings is 1. The average Bonchev–Trinajstić information content (AvgIpc) is 2.25. The van der Waals surface area contributed by atoms with Crippen LogP contribution in [0.5, 0.6) is 5.75 Å². The Hall–Kier alpha value is -2.04. The largest absolute Gasteiger partial charge is 0.507 e. The van der Waals surface area contributed by atoms with Crippen LogP contribution < -0.4 is 0 Å². The van der Waals surface area contributed by atoms with Crippen LogP contribution in [0.4, 0.5) is 0 Å². The van der Waals surface area contributed by atoms with Gasteiger partial charge in [-0.1, -0.05) is 26.0 Å². The summed E-state index contributed by atoms with van der Waals surface area (Å²) < 4.78 is 0. The second-order valence-electron chi connectivity index (χ2n) is 3.94. The molecule has 0 amide bonds. The summed E-state index contributed by atoms with van der Waals surface area (Å²) in [6.45, 7) is 3.68. The second kappa shape index (κ2) is 5.89. The van der Waals surface area contributed by atoms with Gasteiger partial charge in [0, 0.05) is 0 Å². The molecular weight excluding hydrogens is 224 g/mol. The van der Waals surface area contributed by atoms with Crippen LogP contribution in [0, 0.1) is 5.92 Å². The molecule has 1 N–H and O–H groups in total. The Kier molecular flexibility index (Phi) is 4.51. The van der Waals surface area contributed by atoms with Gasteiger partial charge < -0.3 is 5.11 Å². The van der Waals surface area contributed by atoms with Gasteiger partial charge in [0.1, 0.15) is 11.3 Å². The molecule has 0 aromatic heterocycles. The maximum atomic E-state index is 11.4. The highest BCUT2D eigenvalue weighted by Crippen LogP contribution is 2.16. The van der Waals surface area contributed by atoms with Crippen molar-refractivity contribution < 1.29 is 24.5 Å². The van der Waals surface area contributed by atoms with E-state index in [9.17, 15) is 14.7 Å². The van der Waals surface area contributed by atoms with Crippen molar-refractivity contribution in [1.82, 2.24) is 0 Å². The van der Waals surface area contributed by atoms with Gasteiger partial charge in [-0.05, 0) is 18.1 Å². The molecule has 0 aliphatic rings. The van der Waals surface area contributed by atoms with Gasteiger partial charge in [0.15, 0.2) is 0 Å². The van der Waals surface area contributed by atoms with Gasteiger partial charge in [0.2, 0.25) is 0 Å². The Bertz CT molecular complexity index is 411. The first-order valence-corrected chi connectivity index (χ1v) is 5.20. The Morgan fingerprint density at radius 1 is 1.24 bits per heavy atom. The molecule has 0 aliphatic heterocycles. The molecule has 0 atom stereocenters. The van der Waals surface area contributed by atoms with Crippen LogP contribution in [0.3, 0.4) is 0 Å². The van der Waals surface area contributed by atoms with Gasteiger partial charge in [-0.2, -0.15) is 0 Å². The first-order valence-electron chi connectivity index (χ1n) is 5.20. The summed E-state index contributed by atoms with van der Waals surface area (Å²) in [5.74, 6) is -1.63. The van der Waals surface area contributed by atoms with Gasteiger partial charge >= 0.3 is 11.9 Å². The van der Waals surface area contributed by atoms with E-state index in [0.29, 0.717) is 0 Å². The van der Waals surface area contributed by atoms with Crippen LogP contribution in [-0.2, 0) is 14.6 Å². The third-order valence-electron chi connectivity index (χ3n) is 1.91. The molecule has 0 bridgehead atoms. The standard InChI is InChI=1S/C12H14O5/c1-8(2)7-11(14)16-17-12(15)9-5-3-4-6-10(9)13/h3-6,8,13H,7H2,1-2H3. The van der Waals surface area contributed by atoms with E-state index in [1.807, 2.05) is 13.8 Å². The molecule has 0 fully saturated rings. The van der Waals surface area contributed by atoms with E-state index in [0.717, 1.165) is 0 Å². The number of phenolic OH excluding ortho intramolecular Hbond substituents is 1. The number of rotatable bonds is 3. The van der Waals surface area contributed by atoms with E-state index in [2.05, 4.69) is 9.78 Å². The molecule has 0 aliphatic carbocycles.